The number of hydrogen-bond donors (Lipinski definition) is 1. The van der Waals surface area contributed by atoms with Crippen LogP contribution >= 0.6 is 0 Å². The van der Waals surface area contributed by atoms with Crippen molar-refractivity contribution in [2.24, 2.45) is 0 Å². The molecule has 1 saturated heterocycles. The van der Waals surface area contributed by atoms with Crippen molar-refractivity contribution in [2.45, 2.75) is 38.2 Å². The summed E-state index contributed by atoms with van der Waals surface area (Å²) < 4.78 is 64.4. The number of methoxy groups -OCH3 is 1. The van der Waals surface area contributed by atoms with Gasteiger partial charge < -0.3 is 14.7 Å². The van der Waals surface area contributed by atoms with E-state index in [2.05, 4.69) is 0 Å². The van der Waals surface area contributed by atoms with Gasteiger partial charge in [0.25, 0.3) is 0 Å². The zero-order valence-electron chi connectivity index (χ0n) is 20.9. The summed E-state index contributed by atoms with van der Waals surface area (Å²) in [6, 6.07) is 14.5. The maximum atomic E-state index is 14.9. The lowest BCUT2D eigenvalue weighted by Gasteiger charge is -2.24. The Morgan fingerprint density at radius 1 is 1.08 bits per heavy atom. The fourth-order valence-corrected chi connectivity index (χ4v) is 5.43. The molecule has 0 radical (unpaired) electrons. The van der Waals surface area contributed by atoms with Gasteiger partial charge in [0.05, 0.1) is 42.6 Å². The number of para-hydroxylation sites is 2. The van der Waals surface area contributed by atoms with Crippen LogP contribution in [-0.2, 0) is 12.7 Å². The lowest BCUT2D eigenvalue weighted by atomic mass is 10.1. The monoisotopic (exact) mass is 529 g/mol. The van der Waals surface area contributed by atoms with Crippen LogP contribution in [0.3, 0.4) is 0 Å². The van der Waals surface area contributed by atoms with E-state index in [9.17, 15) is 27.5 Å². The minimum absolute atomic E-state index is 0.0342. The van der Waals surface area contributed by atoms with Crippen LogP contribution in [0.4, 0.5) is 23.2 Å². The summed E-state index contributed by atoms with van der Waals surface area (Å²) in [5.41, 5.74) is 0.343. The first-order chi connectivity index (χ1) is 18.1. The Labute approximate surface area is 216 Å². The van der Waals surface area contributed by atoms with Gasteiger partial charge in [-0.1, -0.05) is 36.4 Å². The van der Waals surface area contributed by atoms with Crippen molar-refractivity contribution in [3.8, 4) is 5.75 Å². The molecule has 5 rings (SSSR count). The zero-order valence-corrected chi connectivity index (χ0v) is 20.9. The van der Waals surface area contributed by atoms with Crippen LogP contribution in [0.1, 0.15) is 42.2 Å². The third kappa shape index (κ3) is 4.42. The van der Waals surface area contributed by atoms with Gasteiger partial charge in [0.15, 0.2) is 0 Å². The van der Waals surface area contributed by atoms with E-state index >= 15 is 0 Å². The summed E-state index contributed by atoms with van der Waals surface area (Å²) in [5, 5.41) is 10.2. The Hall–Kier alpha value is -3.79. The molecule has 0 saturated carbocycles. The Bertz CT molecular complexity index is 1540. The fourth-order valence-electron chi connectivity index (χ4n) is 5.43. The number of anilines is 1. The van der Waals surface area contributed by atoms with Crippen LogP contribution in [0, 0.1) is 5.82 Å². The van der Waals surface area contributed by atoms with E-state index in [0.717, 1.165) is 6.07 Å². The molecule has 1 aliphatic heterocycles. The SMILES string of the molecule is COc1cccc2c1n(Cc1ccccc1C(F)(F)F)c(=O)n2[C@@H]1CCN(c2c(F)cccc2C(C)O)C1. The molecule has 10 heteroatoms. The normalized spacial score (nSPS) is 16.8. The van der Waals surface area contributed by atoms with E-state index in [-0.39, 0.29) is 24.7 Å². The molecule has 0 aliphatic carbocycles. The number of imidazole rings is 1. The average Bonchev–Trinajstić information content (AvgIpc) is 3.46. The molecule has 200 valence electrons. The van der Waals surface area contributed by atoms with Crippen LogP contribution in [0.2, 0.25) is 0 Å². The van der Waals surface area contributed by atoms with Gasteiger partial charge in [-0.25, -0.2) is 9.18 Å². The summed E-state index contributed by atoms with van der Waals surface area (Å²) in [5.74, 6) is -0.104. The number of aliphatic hydroxyl groups excluding tert-OH is 1. The van der Waals surface area contributed by atoms with Gasteiger partial charge in [-0.15, -0.1) is 0 Å². The predicted octanol–water partition coefficient (Wildman–Crippen LogP) is 5.52. The zero-order chi connectivity index (χ0) is 27.2. The van der Waals surface area contributed by atoms with Crippen LogP contribution < -0.4 is 15.3 Å². The maximum absolute atomic E-state index is 14.9. The Morgan fingerprint density at radius 3 is 2.53 bits per heavy atom. The number of rotatable bonds is 6. The van der Waals surface area contributed by atoms with Gasteiger partial charge in [-0.2, -0.15) is 13.2 Å². The van der Waals surface area contributed by atoms with Gasteiger partial charge in [0.1, 0.15) is 17.1 Å². The Balaban J connectivity index is 1.61. The minimum atomic E-state index is -4.57. The van der Waals surface area contributed by atoms with Gasteiger partial charge in [-0.05, 0) is 43.2 Å². The van der Waals surface area contributed by atoms with Crippen molar-refractivity contribution in [1.29, 1.82) is 0 Å². The van der Waals surface area contributed by atoms with E-state index < -0.39 is 29.4 Å². The van der Waals surface area contributed by atoms with Gasteiger partial charge in [0, 0.05) is 18.7 Å². The highest BCUT2D eigenvalue weighted by Crippen LogP contribution is 2.37. The number of benzene rings is 3. The number of aromatic nitrogens is 2. The quantitative estimate of drug-likeness (QED) is 0.334. The molecule has 2 heterocycles. The van der Waals surface area contributed by atoms with Gasteiger partial charge in [-0.3, -0.25) is 9.13 Å². The highest BCUT2D eigenvalue weighted by atomic mass is 19.4. The van der Waals surface area contributed by atoms with Crippen LogP contribution in [0.15, 0.2) is 65.5 Å². The lowest BCUT2D eigenvalue weighted by Crippen LogP contribution is -2.30. The van der Waals surface area contributed by atoms with Crippen molar-refractivity contribution < 1.29 is 27.4 Å². The van der Waals surface area contributed by atoms with E-state index in [1.165, 1.54) is 42.0 Å². The van der Waals surface area contributed by atoms with Crippen molar-refractivity contribution in [2.75, 3.05) is 25.1 Å². The molecule has 6 nitrogen and oxygen atoms in total. The summed E-state index contributed by atoms with van der Waals surface area (Å²) in [6.45, 7) is 1.99. The first-order valence-electron chi connectivity index (χ1n) is 12.3. The molecule has 1 N–H and O–H groups in total. The number of ether oxygens (including phenoxy) is 1. The number of hydrogen-bond acceptors (Lipinski definition) is 4. The second-order valence-electron chi connectivity index (χ2n) is 9.46. The number of halogens is 4. The predicted molar refractivity (Wildman–Crippen MR) is 136 cm³/mol. The smallest absolute Gasteiger partial charge is 0.416 e. The largest absolute Gasteiger partial charge is 0.494 e. The molecule has 1 fully saturated rings. The van der Waals surface area contributed by atoms with E-state index in [1.54, 1.807) is 40.7 Å². The van der Waals surface area contributed by atoms with Crippen molar-refractivity contribution in [1.82, 2.24) is 9.13 Å². The highest BCUT2D eigenvalue weighted by Gasteiger charge is 2.35. The molecule has 3 aromatic carbocycles. The second-order valence-corrected chi connectivity index (χ2v) is 9.46. The molecule has 1 unspecified atom stereocenters. The molecule has 2 atom stereocenters. The molecule has 1 aromatic heterocycles. The van der Waals surface area contributed by atoms with Crippen LogP contribution in [0.25, 0.3) is 11.0 Å². The molecular formula is C28H27F4N3O3. The molecular weight excluding hydrogens is 502 g/mol. The summed E-state index contributed by atoms with van der Waals surface area (Å²) in [6.07, 6.45) is -4.96. The summed E-state index contributed by atoms with van der Waals surface area (Å²) >= 11 is 0. The first kappa shape index (κ1) is 25.8. The number of alkyl halides is 3. The fraction of sp³-hybridized carbons (Fsp3) is 0.321. The topological polar surface area (TPSA) is 59.6 Å². The molecule has 4 aromatic rings. The lowest BCUT2D eigenvalue weighted by molar-refractivity contribution is -0.138. The second kappa shape index (κ2) is 9.83. The molecule has 1 aliphatic rings. The average molecular weight is 530 g/mol. The molecule has 0 amide bonds. The van der Waals surface area contributed by atoms with E-state index in [4.69, 9.17) is 4.74 Å². The van der Waals surface area contributed by atoms with Crippen LogP contribution in [0.5, 0.6) is 5.75 Å². The number of nitrogens with zero attached hydrogens (tertiary/aromatic N) is 3. The Morgan fingerprint density at radius 2 is 1.82 bits per heavy atom. The molecule has 0 spiro atoms. The third-order valence-electron chi connectivity index (χ3n) is 7.13. The van der Waals surface area contributed by atoms with E-state index in [1.807, 2.05) is 0 Å². The number of aliphatic hydroxyl groups is 1. The summed E-state index contributed by atoms with van der Waals surface area (Å²) in [4.78, 5) is 15.7. The summed E-state index contributed by atoms with van der Waals surface area (Å²) in [7, 11) is 1.44. The van der Waals surface area contributed by atoms with Crippen molar-refractivity contribution in [3.05, 3.63) is 93.7 Å². The Kier molecular flexibility index (Phi) is 6.68. The number of fused-ring (bicyclic) bond motifs is 1. The van der Waals surface area contributed by atoms with Gasteiger partial charge >= 0.3 is 11.9 Å². The highest BCUT2D eigenvalue weighted by molar-refractivity contribution is 5.83. The van der Waals surface area contributed by atoms with Gasteiger partial charge in [0.2, 0.25) is 0 Å². The first-order valence-corrected chi connectivity index (χ1v) is 12.3. The minimum Gasteiger partial charge on any atom is -0.494 e. The third-order valence-corrected chi connectivity index (χ3v) is 7.13. The van der Waals surface area contributed by atoms with Crippen molar-refractivity contribution >= 4 is 16.7 Å². The van der Waals surface area contributed by atoms with Crippen molar-refractivity contribution in [3.63, 3.8) is 0 Å². The molecule has 38 heavy (non-hydrogen) atoms. The molecule has 0 bridgehead atoms. The standard InChI is InChI=1S/C28H27F4N3O3/c1-17(36)20-8-5-10-22(29)25(20)33-14-13-19(16-33)35-23-11-6-12-24(38-2)26(23)34(27(35)37)15-18-7-3-4-9-21(18)28(30,31)32/h3-12,17,19,36H,13-16H2,1-2H3/t17?,19-/m1/s1. The maximum Gasteiger partial charge on any atom is 0.416 e. The van der Waals surface area contributed by atoms with Crippen LogP contribution in [-0.4, -0.2) is 34.4 Å². The van der Waals surface area contributed by atoms with E-state index in [0.29, 0.717) is 41.0 Å².